The van der Waals surface area contributed by atoms with Crippen LogP contribution in [0.5, 0.6) is 5.75 Å². The van der Waals surface area contributed by atoms with E-state index in [0.717, 1.165) is 18.5 Å². The van der Waals surface area contributed by atoms with Gasteiger partial charge in [-0.2, -0.15) is 0 Å². The third kappa shape index (κ3) is 2.49. The first-order chi connectivity index (χ1) is 8.52. The number of hydrogen-bond acceptors (Lipinski definition) is 3. The highest BCUT2D eigenvalue weighted by Gasteiger charge is 2.32. The van der Waals surface area contributed by atoms with Crippen molar-refractivity contribution in [1.82, 2.24) is 4.90 Å². The predicted octanol–water partition coefficient (Wildman–Crippen LogP) is 2.26. The van der Waals surface area contributed by atoms with E-state index in [1.54, 1.807) is 6.07 Å². The van der Waals surface area contributed by atoms with Crippen LogP contribution in [0.3, 0.4) is 0 Å². The van der Waals surface area contributed by atoms with E-state index in [4.69, 9.17) is 5.73 Å². The van der Waals surface area contributed by atoms with E-state index in [-0.39, 0.29) is 11.8 Å². The van der Waals surface area contributed by atoms with Crippen LogP contribution in [0.2, 0.25) is 0 Å². The van der Waals surface area contributed by atoms with Crippen LogP contribution in [0.25, 0.3) is 0 Å². The molecule has 0 radical (unpaired) electrons. The number of likely N-dealkylation sites (tertiary alicyclic amines) is 1. The summed E-state index contributed by atoms with van der Waals surface area (Å²) in [5.41, 5.74) is 6.50. The summed E-state index contributed by atoms with van der Waals surface area (Å²) >= 11 is 0. The number of rotatable bonds is 3. The number of phenolic OH excluding ortho intramolecular Hbond substituents is 1. The molecule has 0 aliphatic carbocycles. The van der Waals surface area contributed by atoms with Gasteiger partial charge in [0.25, 0.3) is 0 Å². The summed E-state index contributed by atoms with van der Waals surface area (Å²) in [5.74, 6) is 0.147. The zero-order valence-corrected chi connectivity index (χ0v) is 10.9. The molecule has 1 aromatic carbocycles. The standard InChI is InChI=1S/C14H21FN2O/c1-9-5-11(7-16)8-17(9)10(2)13-4-3-12(15)6-14(13)18/h3-4,6,9-11,18H,5,7-8,16H2,1-2H3. The monoisotopic (exact) mass is 252 g/mol. The zero-order chi connectivity index (χ0) is 13.3. The van der Waals surface area contributed by atoms with Gasteiger partial charge in [-0.15, -0.1) is 0 Å². The van der Waals surface area contributed by atoms with Crippen LogP contribution in [0, 0.1) is 11.7 Å². The SMILES string of the molecule is CC1CC(CN)CN1C(C)c1ccc(F)cc1O. The third-order valence-corrected chi connectivity index (χ3v) is 3.98. The molecule has 1 heterocycles. The van der Waals surface area contributed by atoms with Gasteiger partial charge in [-0.1, -0.05) is 6.07 Å². The third-order valence-electron chi connectivity index (χ3n) is 3.98. The predicted molar refractivity (Wildman–Crippen MR) is 69.8 cm³/mol. The average molecular weight is 252 g/mol. The van der Waals surface area contributed by atoms with E-state index in [2.05, 4.69) is 11.8 Å². The molecule has 4 heteroatoms. The summed E-state index contributed by atoms with van der Waals surface area (Å²) in [4.78, 5) is 2.32. The highest BCUT2D eigenvalue weighted by Crippen LogP contribution is 2.35. The summed E-state index contributed by atoms with van der Waals surface area (Å²) in [6, 6.07) is 4.76. The fourth-order valence-corrected chi connectivity index (χ4v) is 2.93. The molecular weight excluding hydrogens is 231 g/mol. The van der Waals surface area contributed by atoms with Crippen molar-refractivity contribution in [3.05, 3.63) is 29.6 Å². The Balaban J connectivity index is 2.18. The van der Waals surface area contributed by atoms with Crippen molar-refractivity contribution in [3.63, 3.8) is 0 Å². The molecule has 3 N–H and O–H groups in total. The molecule has 18 heavy (non-hydrogen) atoms. The minimum atomic E-state index is -0.405. The van der Waals surface area contributed by atoms with Gasteiger partial charge in [-0.05, 0) is 38.8 Å². The van der Waals surface area contributed by atoms with Crippen molar-refractivity contribution < 1.29 is 9.50 Å². The van der Waals surface area contributed by atoms with Crippen molar-refractivity contribution in [2.45, 2.75) is 32.4 Å². The molecule has 3 atom stereocenters. The van der Waals surface area contributed by atoms with Gasteiger partial charge in [-0.25, -0.2) is 4.39 Å². The van der Waals surface area contributed by atoms with Crippen LogP contribution < -0.4 is 5.73 Å². The van der Waals surface area contributed by atoms with Crippen LogP contribution in [0.15, 0.2) is 18.2 Å². The first-order valence-corrected chi connectivity index (χ1v) is 6.47. The summed E-state index contributed by atoms with van der Waals surface area (Å²) in [6.07, 6.45) is 1.09. The molecule has 1 aliphatic rings. The normalized spacial score (nSPS) is 26.4. The topological polar surface area (TPSA) is 49.5 Å². The van der Waals surface area contributed by atoms with Gasteiger partial charge in [0.15, 0.2) is 0 Å². The fraction of sp³-hybridized carbons (Fsp3) is 0.571. The molecule has 0 aromatic heterocycles. The second-order valence-electron chi connectivity index (χ2n) is 5.26. The van der Waals surface area contributed by atoms with Gasteiger partial charge in [-0.3, -0.25) is 4.90 Å². The lowest BCUT2D eigenvalue weighted by Gasteiger charge is -2.29. The van der Waals surface area contributed by atoms with E-state index >= 15 is 0 Å². The Morgan fingerprint density at radius 1 is 1.56 bits per heavy atom. The summed E-state index contributed by atoms with van der Waals surface area (Å²) in [5, 5.41) is 9.84. The lowest BCUT2D eigenvalue weighted by Crippen LogP contribution is -2.30. The molecular formula is C14H21FN2O. The minimum absolute atomic E-state index is 0.0332. The number of nitrogens with two attached hydrogens (primary N) is 1. The maximum atomic E-state index is 13.0. The largest absolute Gasteiger partial charge is 0.508 e. The Morgan fingerprint density at radius 3 is 2.83 bits per heavy atom. The van der Waals surface area contributed by atoms with Crippen molar-refractivity contribution in [2.75, 3.05) is 13.1 Å². The molecule has 0 amide bonds. The molecule has 0 spiro atoms. The Kier molecular flexibility index (Phi) is 3.88. The molecule has 2 rings (SSSR count). The zero-order valence-electron chi connectivity index (χ0n) is 10.9. The second kappa shape index (κ2) is 5.24. The molecule has 1 aliphatic heterocycles. The summed E-state index contributed by atoms with van der Waals surface area (Å²) < 4.78 is 13.0. The molecule has 3 nitrogen and oxygen atoms in total. The van der Waals surface area contributed by atoms with E-state index in [0.29, 0.717) is 18.5 Å². The first-order valence-electron chi connectivity index (χ1n) is 6.47. The van der Waals surface area contributed by atoms with Crippen molar-refractivity contribution >= 4 is 0 Å². The Morgan fingerprint density at radius 2 is 2.28 bits per heavy atom. The second-order valence-corrected chi connectivity index (χ2v) is 5.26. The maximum Gasteiger partial charge on any atom is 0.126 e. The quantitative estimate of drug-likeness (QED) is 0.867. The number of benzene rings is 1. The molecule has 3 unspecified atom stereocenters. The number of phenols is 1. The number of halogens is 1. The first kappa shape index (κ1) is 13.3. The highest BCUT2D eigenvalue weighted by molar-refractivity contribution is 5.35. The van der Waals surface area contributed by atoms with E-state index in [9.17, 15) is 9.50 Å². The van der Waals surface area contributed by atoms with Gasteiger partial charge in [0.05, 0.1) is 0 Å². The Hall–Kier alpha value is -1.13. The van der Waals surface area contributed by atoms with Gasteiger partial charge in [0.1, 0.15) is 11.6 Å². The maximum absolute atomic E-state index is 13.0. The number of aromatic hydroxyl groups is 1. The molecule has 1 fully saturated rings. The van der Waals surface area contributed by atoms with Crippen LogP contribution in [-0.4, -0.2) is 29.1 Å². The number of hydrogen-bond donors (Lipinski definition) is 2. The highest BCUT2D eigenvalue weighted by atomic mass is 19.1. The summed E-state index contributed by atoms with van der Waals surface area (Å²) in [6.45, 7) is 5.85. The minimum Gasteiger partial charge on any atom is -0.508 e. The van der Waals surface area contributed by atoms with Gasteiger partial charge in [0, 0.05) is 30.3 Å². The lowest BCUT2D eigenvalue weighted by molar-refractivity contribution is 0.197. The smallest absolute Gasteiger partial charge is 0.126 e. The van der Waals surface area contributed by atoms with Gasteiger partial charge >= 0.3 is 0 Å². The number of nitrogens with zero attached hydrogens (tertiary/aromatic N) is 1. The molecule has 100 valence electrons. The van der Waals surface area contributed by atoms with Crippen molar-refractivity contribution in [3.8, 4) is 5.75 Å². The fourth-order valence-electron chi connectivity index (χ4n) is 2.93. The van der Waals surface area contributed by atoms with Crippen molar-refractivity contribution in [1.29, 1.82) is 0 Å². The van der Waals surface area contributed by atoms with Gasteiger partial charge in [0.2, 0.25) is 0 Å². The average Bonchev–Trinajstić information content (AvgIpc) is 2.70. The summed E-state index contributed by atoms with van der Waals surface area (Å²) in [7, 11) is 0. The molecule has 0 bridgehead atoms. The Labute approximate surface area is 107 Å². The van der Waals surface area contributed by atoms with E-state index in [1.165, 1.54) is 12.1 Å². The van der Waals surface area contributed by atoms with E-state index < -0.39 is 5.82 Å². The molecule has 0 saturated carbocycles. The Bertz CT molecular complexity index is 424. The van der Waals surface area contributed by atoms with Crippen LogP contribution in [-0.2, 0) is 0 Å². The van der Waals surface area contributed by atoms with Crippen LogP contribution in [0.1, 0.15) is 31.9 Å². The molecule has 1 saturated heterocycles. The van der Waals surface area contributed by atoms with Crippen LogP contribution in [0.4, 0.5) is 4.39 Å². The van der Waals surface area contributed by atoms with E-state index in [1.807, 2.05) is 6.92 Å². The lowest BCUT2D eigenvalue weighted by atomic mass is 10.0. The van der Waals surface area contributed by atoms with Crippen LogP contribution >= 0.6 is 0 Å². The molecule has 1 aromatic rings. The van der Waals surface area contributed by atoms with Crippen molar-refractivity contribution in [2.24, 2.45) is 11.7 Å². The van der Waals surface area contributed by atoms with Gasteiger partial charge < -0.3 is 10.8 Å².